The van der Waals surface area contributed by atoms with Crippen LogP contribution in [-0.2, 0) is 13.5 Å². The Hall–Kier alpha value is -3.73. The second-order valence-electron chi connectivity index (χ2n) is 10.3. The minimum absolute atomic E-state index is 0.279. The highest BCUT2D eigenvalue weighted by molar-refractivity contribution is 6.35. The Morgan fingerprint density at radius 1 is 1.18 bits per heavy atom. The predicted molar refractivity (Wildman–Crippen MR) is 153 cm³/mol. The summed E-state index contributed by atoms with van der Waals surface area (Å²) in [5.74, 6) is 0.431. The van der Waals surface area contributed by atoms with E-state index < -0.39 is 17.5 Å². The van der Waals surface area contributed by atoms with Gasteiger partial charge in [0.25, 0.3) is 0 Å². The van der Waals surface area contributed by atoms with Crippen LogP contribution >= 0.6 is 23.2 Å². The van der Waals surface area contributed by atoms with Crippen LogP contribution in [0.25, 0.3) is 22.2 Å². The van der Waals surface area contributed by atoms with Gasteiger partial charge in [0.05, 0.1) is 21.3 Å². The number of anilines is 1. The van der Waals surface area contributed by atoms with Crippen molar-refractivity contribution in [1.82, 2.24) is 29.9 Å². The smallest absolute Gasteiger partial charge is 0.166 e. The average Bonchev–Trinajstić information content (AvgIpc) is 3.62. The first-order chi connectivity index (χ1) is 19.2. The van der Waals surface area contributed by atoms with Gasteiger partial charge in [-0.15, -0.1) is 0 Å². The molecule has 0 saturated carbocycles. The van der Waals surface area contributed by atoms with E-state index in [-0.39, 0.29) is 5.82 Å². The highest BCUT2D eigenvalue weighted by Gasteiger charge is 2.36. The lowest BCUT2D eigenvalue weighted by atomic mass is 9.94. The normalized spacial score (nSPS) is 18.0. The molecular weight excluding hydrogens is 554 g/mol. The van der Waals surface area contributed by atoms with Crippen molar-refractivity contribution >= 4 is 39.9 Å². The number of halogens is 3. The van der Waals surface area contributed by atoms with Crippen LogP contribution in [0.5, 0.6) is 5.75 Å². The van der Waals surface area contributed by atoms with Crippen LogP contribution in [0.2, 0.25) is 10.0 Å². The Morgan fingerprint density at radius 2 is 1.98 bits per heavy atom. The van der Waals surface area contributed by atoms with E-state index in [0.29, 0.717) is 58.5 Å². The van der Waals surface area contributed by atoms with Gasteiger partial charge in [-0.05, 0) is 43.7 Å². The van der Waals surface area contributed by atoms with Crippen molar-refractivity contribution in [3.63, 3.8) is 0 Å². The van der Waals surface area contributed by atoms with Gasteiger partial charge in [0, 0.05) is 73.4 Å². The summed E-state index contributed by atoms with van der Waals surface area (Å²) in [6, 6.07) is 8.94. The standard InChI is InChI=1S/C28H27Cl2FN8O/c1-16(25-21(29)13-33-14-22(25)30)40-19-3-4-24-20(10-19)26(36-35-24)17-9-23(31)27(34-12-17)39-8-6-28(32,15-39)11-18-5-7-38(2)37-18/h3-5,7,9-10,12-14,16H,6,8,11,15,32H2,1-2H3,(H,35,36)/t16-,28+/m1/s1. The molecule has 12 heteroatoms. The highest BCUT2D eigenvalue weighted by atomic mass is 35.5. The molecule has 0 spiro atoms. The third-order valence-electron chi connectivity index (χ3n) is 7.23. The van der Waals surface area contributed by atoms with Crippen molar-refractivity contribution in [2.75, 3.05) is 18.0 Å². The second kappa shape index (κ2) is 10.3. The van der Waals surface area contributed by atoms with Crippen molar-refractivity contribution in [2.24, 2.45) is 12.8 Å². The van der Waals surface area contributed by atoms with E-state index in [1.54, 1.807) is 10.9 Å². The van der Waals surface area contributed by atoms with Crippen LogP contribution in [0, 0.1) is 5.82 Å². The van der Waals surface area contributed by atoms with Gasteiger partial charge >= 0.3 is 0 Å². The van der Waals surface area contributed by atoms with E-state index in [0.717, 1.165) is 16.6 Å². The summed E-state index contributed by atoms with van der Waals surface area (Å²) in [5.41, 5.74) is 9.62. The number of hydrogen-bond donors (Lipinski definition) is 2. The van der Waals surface area contributed by atoms with E-state index in [2.05, 4.69) is 25.3 Å². The summed E-state index contributed by atoms with van der Waals surface area (Å²) in [4.78, 5) is 10.4. The number of benzene rings is 1. The molecule has 4 aromatic heterocycles. The molecule has 0 bridgehead atoms. The molecular formula is C28H27Cl2FN8O. The lowest BCUT2D eigenvalue weighted by molar-refractivity contribution is 0.227. The van der Waals surface area contributed by atoms with Crippen molar-refractivity contribution in [1.29, 1.82) is 0 Å². The van der Waals surface area contributed by atoms with E-state index in [1.807, 2.05) is 49.3 Å². The van der Waals surface area contributed by atoms with Gasteiger partial charge in [-0.2, -0.15) is 10.2 Å². The maximum Gasteiger partial charge on any atom is 0.166 e. The molecule has 1 saturated heterocycles. The number of aromatic nitrogens is 6. The summed E-state index contributed by atoms with van der Waals surface area (Å²) in [6.07, 6.45) is 7.49. The number of hydrogen-bond acceptors (Lipinski definition) is 7. The number of nitrogens with zero attached hydrogens (tertiary/aromatic N) is 6. The van der Waals surface area contributed by atoms with E-state index in [9.17, 15) is 0 Å². The lowest BCUT2D eigenvalue weighted by Crippen LogP contribution is -2.45. The van der Waals surface area contributed by atoms with Crippen molar-refractivity contribution < 1.29 is 9.13 Å². The molecule has 3 N–H and O–H groups in total. The molecule has 40 heavy (non-hydrogen) atoms. The fraction of sp³-hybridized carbons (Fsp3) is 0.286. The molecule has 0 radical (unpaired) electrons. The summed E-state index contributed by atoms with van der Waals surface area (Å²) in [6.45, 7) is 2.96. The zero-order valence-corrected chi connectivity index (χ0v) is 23.4. The van der Waals surface area contributed by atoms with Crippen LogP contribution in [0.4, 0.5) is 10.2 Å². The van der Waals surface area contributed by atoms with Crippen LogP contribution in [0.3, 0.4) is 0 Å². The largest absolute Gasteiger partial charge is 0.486 e. The molecule has 5 aromatic rings. The maximum atomic E-state index is 15.4. The number of nitrogens with two attached hydrogens (primary N) is 1. The van der Waals surface area contributed by atoms with Crippen LogP contribution in [0.1, 0.15) is 30.7 Å². The maximum absolute atomic E-state index is 15.4. The molecule has 0 amide bonds. The van der Waals surface area contributed by atoms with Crippen LogP contribution < -0.4 is 15.4 Å². The van der Waals surface area contributed by atoms with Gasteiger partial charge in [-0.25, -0.2) is 9.37 Å². The van der Waals surface area contributed by atoms with Crippen molar-refractivity contribution in [3.05, 3.63) is 82.2 Å². The van der Waals surface area contributed by atoms with Crippen molar-refractivity contribution in [2.45, 2.75) is 31.4 Å². The van der Waals surface area contributed by atoms with E-state index in [4.69, 9.17) is 33.7 Å². The first-order valence-corrected chi connectivity index (χ1v) is 13.6. The number of aryl methyl sites for hydroxylation is 1. The third kappa shape index (κ3) is 5.10. The molecule has 1 aliphatic heterocycles. The lowest BCUT2D eigenvalue weighted by Gasteiger charge is -2.24. The quantitative estimate of drug-likeness (QED) is 0.262. The summed E-state index contributed by atoms with van der Waals surface area (Å²) < 4.78 is 23.3. The molecule has 5 heterocycles. The van der Waals surface area contributed by atoms with E-state index >= 15 is 4.39 Å². The topological polar surface area (TPSA) is 111 Å². The summed E-state index contributed by atoms with van der Waals surface area (Å²) >= 11 is 12.6. The summed E-state index contributed by atoms with van der Waals surface area (Å²) in [7, 11) is 1.88. The number of nitrogens with one attached hydrogen (secondary N) is 1. The van der Waals surface area contributed by atoms with Gasteiger partial charge < -0.3 is 15.4 Å². The third-order valence-corrected chi connectivity index (χ3v) is 7.83. The number of aromatic amines is 1. The minimum Gasteiger partial charge on any atom is -0.486 e. The minimum atomic E-state index is -0.502. The molecule has 206 valence electrons. The molecule has 1 aliphatic rings. The van der Waals surface area contributed by atoms with Gasteiger partial charge in [0.15, 0.2) is 11.6 Å². The number of pyridine rings is 2. The predicted octanol–water partition coefficient (Wildman–Crippen LogP) is 5.49. The molecule has 0 unspecified atom stereocenters. The number of H-pyrrole nitrogens is 1. The van der Waals surface area contributed by atoms with Gasteiger partial charge in [-0.1, -0.05) is 23.2 Å². The van der Waals surface area contributed by atoms with Crippen LogP contribution in [-0.4, -0.2) is 48.6 Å². The van der Waals surface area contributed by atoms with Crippen molar-refractivity contribution in [3.8, 4) is 17.0 Å². The van der Waals surface area contributed by atoms with Crippen LogP contribution in [0.15, 0.2) is 55.1 Å². The highest BCUT2D eigenvalue weighted by Crippen LogP contribution is 2.36. The fourth-order valence-electron chi connectivity index (χ4n) is 5.29. The second-order valence-corrected chi connectivity index (χ2v) is 11.1. The average molecular weight is 581 g/mol. The fourth-order valence-corrected chi connectivity index (χ4v) is 5.96. The monoisotopic (exact) mass is 580 g/mol. The Kier molecular flexibility index (Phi) is 6.85. The number of fused-ring (bicyclic) bond motifs is 1. The van der Waals surface area contributed by atoms with E-state index in [1.165, 1.54) is 18.5 Å². The molecule has 9 nitrogen and oxygen atoms in total. The van der Waals surface area contributed by atoms with Gasteiger partial charge in [0.2, 0.25) is 0 Å². The zero-order valence-electron chi connectivity index (χ0n) is 21.9. The molecule has 2 atom stereocenters. The van der Waals surface area contributed by atoms with Gasteiger partial charge in [-0.3, -0.25) is 14.8 Å². The first kappa shape index (κ1) is 26.5. The molecule has 6 rings (SSSR count). The Bertz CT molecular complexity index is 1680. The molecule has 0 aliphatic carbocycles. The zero-order chi connectivity index (χ0) is 28.0. The molecule has 1 aromatic carbocycles. The Labute approximate surface area is 240 Å². The Balaban J connectivity index is 1.22. The SMILES string of the molecule is C[C@@H](Oc1ccc2[nH]nc(-c3cnc(N4CC[C@](N)(Cc5ccn(C)n5)C4)c(F)c3)c2c1)c1c(Cl)cncc1Cl. The van der Waals surface area contributed by atoms with Gasteiger partial charge in [0.1, 0.15) is 17.5 Å². The first-order valence-electron chi connectivity index (χ1n) is 12.8. The molecule has 1 fully saturated rings. The number of ether oxygens (including phenoxy) is 1. The number of rotatable bonds is 7. The summed E-state index contributed by atoms with van der Waals surface area (Å²) in [5, 5.41) is 13.5. The Morgan fingerprint density at radius 3 is 2.70 bits per heavy atom.